The summed E-state index contributed by atoms with van der Waals surface area (Å²) >= 11 is 5.35. The van der Waals surface area contributed by atoms with Crippen molar-refractivity contribution in [2.45, 2.75) is 19.0 Å². The minimum Gasteiger partial charge on any atom is -0.358 e. The highest BCUT2D eigenvalue weighted by Crippen LogP contribution is 2.16. The van der Waals surface area contributed by atoms with Gasteiger partial charge in [0.05, 0.1) is 4.92 Å². The lowest BCUT2D eigenvalue weighted by Crippen LogP contribution is -2.39. The monoisotopic (exact) mass is 356 g/mol. The summed E-state index contributed by atoms with van der Waals surface area (Å²) in [5.74, 6) is 0. The number of benzene rings is 2. The van der Waals surface area contributed by atoms with E-state index in [-0.39, 0.29) is 5.69 Å². The summed E-state index contributed by atoms with van der Waals surface area (Å²) in [4.78, 5) is 12.7. The number of nitro groups is 1. The Morgan fingerprint density at radius 3 is 2.60 bits per heavy atom. The van der Waals surface area contributed by atoms with Crippen molar-refractivity contribution in [1.82, 2.24) is 10.2 Å². The normalized spacial score (nSPS) is 17.2. The fourth-order valence-electron chi connectivity index (χ4n) is 2.95. The lowest BCUT2D eigenvalue weighted by atomic mass is 10.2. The number of likely N-dealkylation sites (tertiary alicyclic amines) is 1. The van der Waals surface area contributed by atoms with E-state index in [2.05, 4.69) is 39.8 Å². The van der Waals surface area contributed by atoms with Crippen LogP contribution in [0.4, 0.5) is 11.4 Å². The summed E-state index contributed by atoms with van der Waals surface area (Å²) in [6.45, 7) is 2.92. The zero-order chi connectivity index (χ0) is 17.6. The first-order valence-corrected chi connectivity index (χ1v) is 8.59. The van der Waals surface area contributed by atoms with Gasteiger partial charge in [-0.05, 0) is 36.3 Å². The van der Waals surface area contributed by atoms with Gasteiger partial charge in [0.25, 0.3) is 5.69 Å². The minimum atomic E-state index is -0.416. The Kier molecular flexibility index (Phi) is 5.57. The van der Waals surface area contributed by atoms with Crippen LogP contribution in [0.5, 0.6) is 0 Å². The second kappa shape index (κ2) is 8.04. The van der Waals surface area contributed by atoms with Gasteiger partial charge in [0.2, 0.25) is 0 Å². The molecule has 6 nitrogen and oxygen atoms in total. The van der Waals surface area contributed by atoms with E-state index in [0.717, 1.165) is 31.7 Å². The fourth-order valence-corrected chi connectivity index (χ4v) is 3.24. The highest BCUT2D eigenvalue weighted by molar-refractivity contribution is 7.80. The molecule has 2 aromatic carbocycles. The van der Waals surface area contributed by atoms with Gasteiger partial charge in [-0.3, -0.25) is 15.0 Å². The Labute approximate surface area is 152 Å². The Morgan fingerprint density at radius 1 is 1.20 bits per heavy atom. The number of rotatable bonds is 5. The van der Waals surface area contributed by atoms with Crippen molar-refractivity contribution < 1.29 is 4.92 Å². The average Bonchev–Trinajstić information content (AvgIpc) is 3.03. The van der Waals surface area contributed by atoms with E-state index in [1.165, 1.54) is 17.7 Å². The lowest BCUT2D eigenvalue weighted by Gasteiger charge is -2.18. The number of hydrogen-bond acceptors (Lipinski definition) is 4. The van der Waals surface area contributed by atoms with Crippen molar-refractivity contribution in [2.75, 3.05) is 18.4 Å². The largest absolute Gasteiger partial charge is 0.358 e. The third kappa shape index (κ3) is 4.98. The van der Waals surface area contributed by atoms with Crippen LogP contribution in [0.15, 0.2) is 54.6 Å². The van der Waals surface area contributed by atoms with Crippen LogP contribution < -0.4 is 10.6 Å². The van der Waals surface area contributed by atoms with Crippen LogP contribution in [-0.4, -0.2) is 34.1 Å². The summed E-state index contributed by atoms with van der Waals surface area (Å²) in [5, 5.41) is 17.6. The molecule has 7 heteroatoms. The van der Waals surface area contributed by atoms with Crippen LogP contribution in [0.1, 0.15) is 12.0 Å². The van der Waals surface area contributed by atoms with Crippen LogP contribution >= 0.6 is 12.2 Å². The molecule has 1 saturated heterocycles. The third-order valence-corrected chi connectivity index (χ3v) is 4.41. The van der Waals surface area contributed by atoms with Crippen LogP contribution in [0.3, 0.4) is 0 Å². The standard InChI is InChI=1S/C18H20N4O2S/c23-22(24)17-8-6-15(7-9-17)19-18(25)20-16-10-11-21(13-16)12-14-4-2-1-3-5-14/h1-9,16H,10-13H2,(H2,19,20,25)/t16-/m1/s1. The van der Waals surface area contributed by atoms with Gasteiger partial charge in [-0.15, -0.1) is 0 Å². The van der Waals surface area contributed by atoms with Gasteiger partial charge in [-0.25, -0.2) is 0 Å². The van der Waals surface area contributed by atoms with E-state index in [4.69, 9.17) is 12.2 Å². The smallest absolute Gasteiger partial charge is 0.269 e. The quantitative estimate of drug-likeness (QED) is 0.487. The van der Waals surface area contributed by atoms with Crippen molar-refractivity contribution in [2.24, 2.45) is 0 Å². The molecule has 1 atom stereocenters. The first kappa shape index (κ1) is 17.3. The molecule has 0 aliphatic carbocycles. The maximum absolute atomic E-state index is 10.7. The van der Waals surface area contributed by atoms with E-state index in [1.807, 2.05) is 6.07 Å². The zero-order valence-corrected chi connectivity index (χ0v) is 14.5. The summed E-state index contributed by atoms with van der Waals surface area (Å²) in [6.07, 6.45) is 1.04. The molecular formula is C18H20N4O2S. The molecule has 1 fully saturated rings. The van der Waals surface area contributed by atoms with Gasteiger partial charge in [0.1, 0.15) is 0 Å². The molecule has 1 heterocycles. The number of nitro benzene ring substituents is 1. The summed E-state index contributed by atoms with van der Waals surface area (Å²) in [6, 6.07) is 17.0. The number of anilines is 1. The van der Waals surface area contributed by atoms with Gasteiger partial charge in [-0.2, -0.15) is 0 Å². The van der Waals surface area contributed by atoms with E-state index < -0.39 is 4.92 Å². The Morgan fingerprint density at radius 2 is 1.92 bits per heavy atom. The Hall–Kier alpha value is -2.51. The molecule has 130 valence electrons. The van der Waals surface area contributed by atoms with Crippen molar-refractivity contribution in [3.8, 4) is 0 Å². The zero-order valence-electron chi connectivity index (χ0n) is 13.7. The first-order valence-electron chi connectivity index (χ1n) is 8.18. The van der Waals surface area contributed by atoms with Gasteiger partial charge < -0.3 is 10.6 Å². The number of hydrogen-bond donors (Lipinski definition) is 2. The van der Waals surface area contributed by atoms with Gasteiger partial charge in [0.15, 0.2) is 5.11 Å². The molecule has 2 aromatic rings. The molecule has 0 bridgehead atoms. The third-order valence-electron chi connectivity index (χ3n) is 4.19. The molecule has 2 N–H and O–H groups in total. The van der Waals surface area contributed by atoms with Gasteiger partial charge >= 0.3 is 0 Å². The van der Waals surface area contributed by atoms with Crippen molar-refractivity contribution >= 4 is 28.7 Å². The Bertz CT molecular complexity index is 737. The van der Waals surface area contributed by atoms with E-state index >= 15 is 0 Å². The van der Waals surface area contributed by atoms with Crippen molar-refractivity contribution in [3.63, 3.8) is 0 Å². The van der Waals surface area contributed by atoms with Gasteiger partial charge in [0, 0.05) is 43.5 Å². The number of non-ortho nitro benzene ring substituents is 1. The molecule has 1 aliphatic heterocycles. The predicted molar refractivity (Wildman–Crippen MR) is 103 cm³/mol. The fraction of sp³-hybridized carbons (Fsp3) is 0.278. The first-order chi connectivity index (χ1) is 12.1. The number of nitrogens with one attached hydrogen (secondary N) is 2. The molecule has 0 amide bonds. The number of nitrogens with zero attached hydrogens (tertiary/aromatic N) is 2. The van der Waals surface area contributed by atoms with E-state index in [0.29, 0.717) is 11.2 Å². The SMILES string of the molecule is O=[N+]([O-])c1ccc(NC(=S)N[C@@H]2CCN(Cc3ccccc3)C2)cc1. The molecule has 0 unspecified atom stereocenters. The van der Waals surface area contributed by atoms with Crippen LogP contribution in [0.2, 0.25) is 0 Å². The topological polar surface area (TPSA) is 70.4 Å². The molecule has 0 aromatic heterocycles. The highest BCUT2D eigenvalue weighted by atomic mass is 32.1. The van der Waals surface area contributed by atoms with Crippen molar-refractivity contribution in [1.29, 1.82) is 0 Å². The second-order valence-corrected chi connectivity index (χ2v) is 6.52. The lowest BCUT2D eigenvalue weighted by molar-refractivity contribution is -0.384. The molecule has 0 radical (unpaired) electrons. The van der Waals surface area contributed by atoms with E-state index in [9.17, 15) is 10.1 Å². The maximum atomic E-state index is 10.7. The van der Waals surface area contributed by atoms with Crippen LogP contribution in [-0.2, 0) is 6.54 Å². The molecule has 3 rings (SSSR count). The van der Waals surface area contributed by atoms with E-state index in [1.54, 1.807) is 12.1 Å². The molecule has 1 aliphatic rings. The average molecular weight is 356 g/mol. The minimum absolute atomic E-state index is 0.0665. The second-order valence-electron chi connectivity index (χ2n) is 6.11. The Balaban J connectivity index is 1.46. The summed E-state index contributed by atoms with van der Waals surface area (Å²) < 4.78 is 0. The van der Waals surface area contributed by atoms with Crippen molar-refractivity contribution in [3.05, 3.63) is 70.3 Å². The maximum Gasteiger partial charge on any atom is 0.269 e. The van der Waals surface area contributed by atoms with Crippen LogP contribution in [0, 0.1) is 10.1 Å². The van der Waals surface area contributed by atoms with Gasteiger partial charge in [-0.1, -0.05) is 30.3 Å². The molecule has 0 spiro atoms. The highest BCUT2D eigenvalue weighted by Gasteiger charge is 2.22. The van der Waals surface area contributed by atoms with Crippen LogP contribution in [0.25, 0.3) is 0 Å². The number of thiocarbonyl (C=S) groups is 1. The summed E-state index contributed by atoms with van der Waals surface area (Å²) in [7, 11) is 0. The molecule has 25 heavy (non-hydrogen) atoms. The molecular weight excluding hydrogens is 336 g/mol. The summed E-state index contributed by atoms with van der Waals surface area (Å²) in [5.41, 5.74) is 2.12. The predicted octanol–water partition coefficient (Wildman–Crippen LogP) is 3.16. The molecule has 0 saturated carbocycles.